The molecule has 0 amide bonds. The van der Waals surface area contributed by atoms with Gasteiger partial charge in [-0.15, -0.1) is 0 Å². The molecular weight excluding hydrogens is 536 g/mol. The predicted octanol–water partition coefficient (Wildman–Crippen LogP) is 5.60. The summed E-state index contributed by atoms with van der Waals surface area (Å²) in [5.41, 5.74) is 7.02. The molecule has 9 rings (SSSR count). The lowest BCUT2D eigenvalue weighted by Crippen LogP contribution is -2.75. The molecule has 2 aromatic heterocycles. The molecule has 5 aliphatic rings. The molecule has 1 saturated carbocycles. The van der Waals surface area contributed by atoms with Crippen LogP contribution in [0.15, 0.2) is 73.4 Å². The van der Waals surface area contributed by atoms with Crippen molar-refractivity contribution < 1.29 is 14.6 Å². The summed E-state index contributed by atoms with van der Waals surface area (Å²) in [5, 5.41) is 11.1. The lowest BCUT2D eigenvalue weighted by atomic mass is 9.48. The van der Waals surface area contributed by atoms with E-state index in [0.29, 0.717) is 12.4 Å². The first-order valence-electron chi connectivity index (χ1n) is 15.8. The zero-order valence-electron chi connectivity index (χ0n) is 24.3. The highest BCUT2D eigenvalue weighted by atomic mass is 16.5. The number of pyridine rings is 1. The Hall–Kier alpha value is -3.81. The molecule has 2 aromatic carbocycles. The number of piperidine rings is 1. The molecule has 0 unspecified atom stereocenters. The number of aryl methyl sites for hydroxylation is 1. The van der Waals surface area contributed by atoms with Gasteiger partial charge < -0.3 is 14.6 Å². The lowest BCUT2D eigenvalue weighted by Gasteiger charge is -2.64. The number of phenols is 1. The monoisotopic (exact) mass is 572 g/mol. The number of phenolic OH excluding ortho intramolecular Hbond substituents is 1. The van der Waals surface area contributed by atoms with Crippen molar-refractivity contribution in [2.24, 2.45) is 5.92 Å². The Morgan fingerprint density at radius 1 is 1.00 bits per heavy atom. The Morgan fingerprint density at radius 2 is 1.86 bits per heavy atom. The number of hydrogen-bond donors (Lipinski definition) is 1. The number of hydrogen-bond acceptors (Lipinski definition) is 7. The molecule has 43 heavy (non-hydrogen) atoms. The highest BCUT2D eigenvalue weighted by Gasteiger charge is 2.73. The quantitative estimate of drug-likeness (QED) is 0.275. The molecular formula is C36H36N4O3. The number of likely N-dealkylation sites (tertiary alicyclic amines) is 1. The Labute approximate surface area is 251 Å². The third kappa shape index (κ3) is 3.77. The molecule has 1 spiro atoms. The number of fused-ring (bicyclic) bond motifs is 2. The summed E-state index contributed by atoms with van der Waals surface area (Å²) in [4.78, 5) is 16.4. The topological polar surface area (TPSA) is 80.6 Å². The Kier molecular flexibility index (Phi) is 5.73. The van der Waals surface area contributed by atoms with Gasteiger partial charge in [0.15, 0.2) is 17.6 Å². The van der Waals surface area contributed by atoms with Gasteiger partial charge in [0.25, 0.3) is 0 Å². The van der Waals surface area contributed by atoms with Crippen LogP contribution in [0.1, 0.15) is 59.7 Å². The molecule has 2 fully saturated rings. The molecule has 2 aliphatic heterocycles. The van der Waals surface area contributed by atoms with Gasteiger partial charge >= 0.3 is 0 Å². The maximum Gasteiger partial charge on any atom is 0.166 e. The van der Waals surface area contributed by atoms with Crippen molar-refractivity contribution >= 4 is 0 Å². The average molecular weight is 573 g/mol. The van der Waals surface area contributed by atoms with E-state index in [1.54, 1.807) is 6.33 Å². The van der Waals surface area contributed by atoms with Gasteiger partial charge in [-0.05, 0) is 79.8 Å². The zero-order chi connectivity index (χ0) is 28.6. The molecule has 1 N–H and O–H groups in total. The average Bonchev–Trinajstić information content (AvgIpc) is 3.79. The van der Waals surface area contributed by atoms with Crippen LogP contribution in [0.3, 0.4) is 0 Å². The van der Waals surface area contributed by atoms with Gasteiger partial charge in [0.2, 0.25) is 0 Å². The first-order valence-corrected chi connectivity index (χ1v) is 15.8. The van der Waals surface area contributed by atoms with E-state index in [9.17, 15) is 5.11 Å². The van der Waals surface area contributed by atoms with E-state index < -0.39 is 11.0 Å². The zero-order valence-corrected chi connectivity index (χ0v) is 24.3. The van der Waals surface area contributed by atoms with Crippen LogP contribution < -0.4 is 4.74 Å². The first-order chi connectivity index (χ1) is 21.2. The summed E-state index contributed by atoms with van der Waals surface area (Å²) < 4.78 is 14.3. The lowest BCUT2D eigenvalue weighted by molar-refractivity contribution is -0.205. The summed E-state index contributed by atoms with van der Waals surface area (Å²) in [6.45, 7) is 2.82. The number of ether oxygens (including phenoxy) is 2. The van der Waals surface area contributed by atoms with Crippen molar-refractivity contribution in [1.29, 1.82) is 0 Å². The molecule has 0 radical (unpaired) electrons. The summed E-state index contributed by atoms with van der Waals surface area (Å²) in [7, 11) is 0. The highest BCUT2D eigenvalue weighted by Crippen LogP contribution is 2.69. The minimum atomic E-state index is -0.492. The van der Waals surface area contributed by atoms with E-state index in [0.717, 1.165) is 67.9 Å². The van der Waals surface area contributed by atoms with Crippen LogP contribution in [0.25, 0.3) is 11.1 Å². The van der Waals surface area contributed by atoms with Crippen molar-refractivity contribution in [3.05, 3.63) is 101 Å². The van der Waals surface area contributed by atoms with Gasteiger partial charge in [-0.2, -0.15) is 0 Å². The van der Waals surface area contributed by atoms with E-state index in [1.165, 1.54) is 35.1 Å². The summed E-state index contributed by atoms with van der Waals surface area (Å²) in [6, 6.07) is 17.1. The maximum absolute atomic E-state index is 11.1. The molecule has 7 nitrogen and oxygen atoms in total. The molecule has 3 aliphatic carbocycles. The predicted molar refractivity (Wildman–Crippen MR) is 162 cm³/mol. The summed E-state index contributed by atoms with van der Waals surface area (Å²) in [6.07, 6.45) is 14.1. The van der Waals surface area contributed by atoms with Crippen molar-refractivity contribution in [3.8, 4) is 22.6 Å². The fourth-order valence-corrected chi connectivity index (χ4v) is 8.87. The standard InChI is InChI=1S/C36H36N4O3/c41-29-11-10-25-16-30-36(42-14-4-7-23-5-2-1-3-6-23)17-26-15-27(28-18-37-22-38-19-28)20-39-32(26)34-35(36,31(25)33(29)43-34)12-13-40(30)21-24-8-9-24/h1-3,5-6,10-11,15,18-20,22,24,30,34,41H,4,7-9,12-14,16-17,21H2/t30-,34+,35+,36-/m1/s1. The smallest absolute Gasteiger partial charge is 0.166 e. The van der Waals surface area contributed by atoms with E-state index in [4.69, 9.17) is 14.5 Å². The largest absolute Gasteiger partial charge is 0.504 e. The Morgan fingerprint density at radius 3 is 2.70 bits per heavy atom. The van der Waals surface area contributed by atoms with Crippen molar-refractivity contribution in [3.63, 3.8) is 0 Å². The van der Waals surface area contributed by atoms with Crippen molar-refractivity contribution in [2.75, 3.05) is 19.7 Å². The van der Waals surface area contributed by atoms with Crippen LogP contribution in [-0.4, -0.2) is 56.3 Å². The second-order valence-electron chi connectivity index (χ2n) is 13.2. The van der Waals surface area contributed by atoms with Gasteiger partial charge in [0, 0.05) is 60.9 Å². The second-order valence-corrected chi connectivity index (χ2v) is 13.2. The van der Waals surface area contributed by atoms with Crippen LogP contribution in [0.5, 0.6) is 11.5 Å². The number of aromatic hydroxyl groups is 1. The van der Waals surface area contributed by atoms with E-state index in [1.807, 2.05) is 24.7 Å². The van der Waals surface area contributed by atoms with Gasteiger partial charge in [-0.1, -0.05) is 36.4 Å². The van der Waals surface area contributed by atoms with Crippen LogP contribution in [0.4, 0.5) is 0 Å². The van der Waals surface area contributed by atoms with Gasteiger partial charge in [0.05, 0.1) is 11.1 Å². The number of benzene rings is 2. The fraction of sp³-hybridized carbons (Fsp3) is 0.417. The van der Waals surface area contributed by atoms with E-state index in [2.05, 4.69) is 57.3 Å². The van der Waals surface area contributed by atoms with Crippen LogP contribution >= 0.6 is 0 Å². The highest BCUT2D eigenvalue weighted by molar-refractivity contribution is 5.67. The molecule has 1 saturated heterocycles. The first kappa shape index (κ1) is 25.7. The Bertz CT molecular complexity index is 1690. The minimum absolute atomic E-state index is 0.221. The molecule has 7 heteroatoms. The normalized spacial score (nSPS) is 28.2. The minimum Gasteiger partial charge on any atom is -0.504 e. The molecule has 2 bridgehead atoms. The number of nitrogens with zero attached hydrogens (tertiary/aromatic N) is 4. The summed E-state index contributed by atoms with van der Waals surface area (Å²) in [5.74, 6) is 1.65. The third-order valence-electron chi connectivity index (χ3n) is 10.9. The molecule has 4 heterocycles. The molecule has 4 atom stereocenters. The van der Waals surface area contributed by atoms with E-state index >= 15 is 0 Å². The molecule has 218 valence electrons. The third-order valence-corrected chi connectivity index (χ3v) is 10.9. The summed E-state index contributed by atoms with van der Waals surface area (Å²) >= 11 is 0. The van der Waals surface area contributed by atoms with Crippen molar-refractivity contribution in [2.45, 2.75) is 68.1 Å². The second kappa shape index (κ2) is 9.60. The van der Waals surface area contributed by atoms with Gasteiger partial charge in [0.1, 0.15) is 11.9 Å². The van der Waals surface area contributed by atoms with Crippen molar-refractivity contribution in [1.82, 2.24) is 19.9 Å². The van der Waals surface area contributed by atoms with Gasteiger partial charge in [-0.25, -0.2) is 9.97 Å². The van der Waals surface area contributed by atoms with Crippen LogP contribution in [0.2, 0.25) is 0 Å². The van der Waals surface area contributed by atoms with E-state index in [-0.39, 0.29) is 17.9 Å². The van der Waals surface area contributed by atoms with Gasteiger partial charge in [-0.3, -0.25) is 9.88 Å². The SMILES string of the molecule is Oc1ccc2c3c1O[C@H]1c4ncc(-c5cncnc5)cc4C[C@@]4(OCCCc5ccccc5)[C@@H](C2)N(CC2CC2)CC[C@]314. The maximum atomic E-state index is 11.1. The van der Waals surface area contributed by atoms with Crippen LogP contribution in [0, 0.1) is 5.92 Å². The van der Waals surface area contributed by atoms with Crippen LogP contribution in [-0.2, 0) is 29.4 Å². The molecule has 4 aromatic rings. The fourth-order valence-electron chi connectivity index (χ4n) is 8.87. The Balaban J connectivity index is 1.19. The number of rotatable bonds is 8. The number of aromatic nitrogens is 3.